The van der Waals surface area contributed by atoms with Crippen LogP contribution in [-0.4, -0.2) is 29.5 Å². The maximum absolute atomic E-state index is 6.16. The number of aromatic nitrogens is 1. The lowest BCUT2D eigenvalue weighted by Gasteiger charge is -2.27. The van der Waals surface area contributed by atoms with Crippen molar-refractivity contribution in [1.29, 1.82) is 0 Å². The van der Waals surface area contributed by atoms with Crippen molar-refractivity contribution in [2.75, 3.05) is 25.0 Å². The normalized spacial score (nSPS) is 17.2. The number of hydrogen-bond donors (Lipinski definition) is 1. The van der Waals surface area contributed by atoms with E-state index in [1.807, 2.05) is 17.4 Å². The molecular formula is C15H18ClN3S. The van der Waals surface area contributed by atoms with E-state index in [0.29, 0.717) is 11.1 Å². The van der Waals surface area contributed by atoms with Gasteiger partial charge in [-0.15, -0.1) is 11.3 Å². The zero-order valence-electron chi connectivity index (χ0n) is 11.3. The average molecular weight is 308 g/mol. The van der Waals surface area contributed by atoms with Crippen LogP contribution in [-0.2, 0) is 0 Å². The summed E-state index contributed by atoms with van der Waals surface area (Å²) in [7, 11) is 0. The third-order valence-electron chi connectivity index (χ3n) is 3.71. The van der Waals surface area contributed by atoms with Gasteiger partial charge < -0.3 is 5.32 Å². The largest absolute Gasteiger partial charge is 0.382 e. The highest BCUT2D eigenvalue weighted by molar-refractivity contribution is 7.10. The standard InChI is InChI=1S/C15H18ClN3S/c16-12-10-17-6-5-13(12)18-11-14(15-4-3-9-20-15)19-7-1-2-8-19/h3-6,9-10,14H,1-2,7-8,11H2,(H,17,18). The molecule has 1 saturated heterocycles. The van der Waals surface area contributed by atoms with Gasteiger partial charge in [0.25, 0.3) is 0 Å². The molecule has 0 aromatic carbocycles. The van der Waals surface area contributed by atoms with E-state index in [2.05, 4.69) is 32.7 Å². The van der Waals surface area contributed by atoms with Crippen LogP contribution >= 0.6 is 22.9 Å². The topological polar surface area (TPSA) is 28.2 Å². The number of nitrogens with one attached hydrogen (secondary N) is 1. The molecule has 2 aromatic heterocycles. The van der Waals surface area contributed by atoms with Crippen molar-refractivity contribution < 1.29 is 0 Å². The van der Waals surface area contributed by atoms with Crippen molar-refractivity contribution in [1.82, 2.24) is 9.88 Å². The van der Waals surface area contributed by atoms with E-state index in [1.165, 1.54) is 30.8 Å². The van der Waals surface area contributed by atoms with Crippen molar-refractivity contribution >= 4 is 28.6 Å². The van der Waals surface area contributed by atoms with Crippen molar-refractivity contribution in [3.63, 3.8) is 0 Å². The van der Waals surface area contributed by atoms with Gasteiger partial charge in [0.1, 0.15) is 0 Å². The number of anilines is 1. The average Bonchev–Trinajstić information content (AvgIpc) is 3.14. The predicted molar refractivity (Wildman–Crippen MR) is 85.6 cm³/mol. The van der Waals surface area contributed by atoms with Crippen molar-refractivity contribution in [2.45, 2.75) is 18.9 Å². The first-order valence-electron chi connectivity index (χ1n) is 6.95. The molecule has 3 nitrogen and oxygen atoms in total. The number of likely N-dealkylation sites (tertiary alicyclic amines) is 1. The first-order chi connectivity index (χ1) is 9.84. The molecule has 1 fully saturated rings. The third-order valence-corrected chi connectivity index (χ3v) is 4.99. The fourth-order valence-electron chi connectivity index (χ4n) is 2.67. The van der Waals surface area contributed by atoms with Crippen molar-refractivity contribution in [3.8, 4) is 0 Å². The zero-order chi connectivity index (χ0) is 13.8. The molecule has 20 heavy (non-hydrogen) atoms. The van der Waals surface area contributed by atoms with E-state index in [9.17, 15) is 0 Å². The van der Waals surface area contributed by atoms with Gasteiger partial charge in [0.2, 0.25) is 0 Å². The highest BCUT2D eigenvalue weighted by Crippen LogP contribution is 2.29. The van der Waals surface area contributed by atoms with Gasteiger partial charge in [-0.3, -0.25) is 9.88 Å². The molecule has 1 aliphatic heterocycles. The first-order valence-corrected chi connectivity index (χ1v) is 8.21. The molecule has 3 heterocycles. The summed E-state index contributed by atoms with van der Waals surface area (Å²) in [6.07, 6.45) is 6.06. The number of pyridine rings is 1. The van der Waals surface area contributed by atoms with Crippen LogP contribution in [0.3, 0.4) is 0 Å². The molecule has 2 aromatic rings. The van der Waals surface area contributed by atoms with E-state index >= 15 is 0 Å². The van der Waals surface area contributed by atoms with Gasteiger partial charge in [-0.25, -0.2) is 0 Å². The second-order valence-corrected chi connectivity index (χ2v) is 6.40. The van der Waals surface area contributed by atoms with E-state index in [-0.39, 0.29) is 0 Å². The fraction of sp³-hybridized carbons (Fsp3) is 0.400. The molecule has 5 heteroatoms. The molecule has 0 saturated carbocycles. The molecule has 0 bridgehead atoms. The molecule has 1 aliphatic rings. The molecule has 1 atom stereocenters. The molecule has 106 valence electrons. The highest BCUT2D eigenvalue weighted by atomic mass is 35.5. The lowest BCUT2D eigenvalue weighted by molar-refractivity contribution is 0.259. The number of thiophene rings is 1. The van der Waals surface area contributed by atoms with Gasteiger partial charge >= 0.3 is 0 Å². The molecule has 0 amide bonds. The highest BCUT2D eigenvalue weighted by Gasteiger charge is 2.24. The molecule has 0 spiro atoms. The quantitative estimate of drug-likeness (QED) is 0.903. The van der Waals surface area contributed by atoms with Crippen LogP contribution in [0.4, 0.5) is 5.69 Å². The minimum absolute atomic E-state index is 0.432. The van der Waals surface area contributed by atoms with Crippen LogP contribution in [0.15, 0.2) is 36.0 Å². The SMILES string of the molecule is Clc1cnccc1NCC(c1cccs1)N1CCCC1. The Hall–Kier alpha value is -1.10. The Morgan fingerprint density at radius 1 is 1.35 bits per heavy atom. The number of halogens is 1. The third kappa shape index (κ3) is 3.14. The second-order valence-electron chi connectivity index (χ2n) is 5.01. The lowest BCUT2D eigenvalue weighted by Crippen LogP contribution is -2.30. The molecule has 1 N–H and O–H groups in total. The fourth-order valence-corrected chi connectivity index (χ4v) is 3.72. The maximum Gasteiger partial charge on any atom is 0.0820 e. The minimum atomic E-state index is 0.432. The molecular weight excluding hydrogens is 290 g/mol. The Morgan fingerprint density at radius 2 is 2.20 bits per heavy atom. The predicted octanol–water partition coefficient (Wildman–Crippen LogP) is 4.05. The van der Waals surface area contributed by atoms with E-state index < -0.39 is 0 Å². The van der Waals surface area contributed by atoms with E-state index in [0.717, 1.165) is 12.2 Å². The van der Waals surface area contributed by atoms with Crippen molar-refractivity contribution in [3.05, 3.63) is 45.9 Å². The smallest absolute Gasteiger partial charge is 0.0820 e. The Bertz CT molecular complexity index is 538. The molecule has 1 unspecified atom stereocenters. The number of hydrogen-bond acceptors (Lipinski definition) is 4. The number of rotatable bonds is 5. The first kappa shape index (κ1) is 13.9. The maximum atomic E-state index is 6.16. The Morgan fingerprint density at radius 3 is 2.90 bits per heavy atom. The summed E-state index contributed by atoms with van der Waals surface area (Å²) in [5, 5.41) is 6.30. The van der Waals surface area contributed by atoms with Gasteiger partial charge in [-0.1, -0.05) is 17.7 Å². The van der Waals surface area contributed by atoms with Crippen LogP contribution in [0.1, 0.15) is 23.8 Å². The summed E-state index contributed by atoms with van der Waals surface area (Å²) >= 11 is 7.99. The Labute approximate surface area is 128 Å². The summed E-state index contributed by atoms with van der Waals surface area (Å²) < 4.78 is 0. The van der Waals surface area contributed by atoms with Gasteiger partial charge in [-0.05, 0) is 43.4 Å². The second kappa shape index (κ2) is 6.57. The van der Waals surface area contributed by atoms with Gasteiger partial charge in [0.05, 0.1) is 16.8 Å². The summed E-state index contributed by atoms with van der Waals surface area (Å²) in [4.78, 5) is 8.00. The number of nitrogens with zero attached hydrogens (tertiary/aromatic N) is 2. The van der Waals surface area contributed by atoms with Gasteiger partial charge in [0, 0.05) is 23.8 Å². The van der Waals surface area contributed by atoms with Crippen LogP contribution in [0.5, 0.6) is 0 Å². The minimum Gasteiger partial charge on any atom is -0.382 e. The van der Waals surface area contributed by atoms with E-state index in [4.69, 9.17) is 11.6 Å². The molecule has 0 radical (unpaired) electrons. The zero-order valence-corrected chi connectivity index (χ0v) is 12.8. The Kier molecular flexibility index (Phi) is 4.55. The van der Waals surface area contributed by atoms with Crippen LogP contribution in [0, 0.1) is 0 Å². The van der Waals surface area contributed by atoms with Gasteiger partial charge in [0.15, 0.2) is 0 Å². The van der Waals surface area contributed by atoms with Crippen molar-refractivity contribution in [2.24, 2.45) is 0 Å². The summed E-state index contributed by atoms with van der Waals surface area (Å²) in [5.41, 5.74) is 0.961. The van der Waals surface area contributed by atoms with Crippen LogP contribution in [0.2, 0.25) is 5.02 Å². The monoisotopic (exact) mass is 307 g/mol. The Balaban J connectivity index is 1.72. The summed E-state index contributed by atoms with van der Waals surface area (Å²) in [6, 6.07) is 6.71. The molecule has 0 aliphatic carbocycles. The van der Waals surface area contributed by atoms with Gasteiger partial charge in [-0.2, -0.15) is 0 Å². The molecule has 3 rings (SSSR count). The van der Waals surface area contributed by atoms with Crippen LogP contribution in [0.25, 0.3) is 0 Å². The van der Waals surface area contributed by atoms with E-state index in [1.54, 1.807) is 12.4 Å². The summed E-state index contributed by atoms with van der Waals surface area (Å²) in [6.45, 7) is 3.26. The lowest BCUT2D eigenvalue weighted by atomic mass is 10.2. The summed E-state index contributed by atoms with van der Waals surface area (Å²) in [5.74, 6) is 0. The van der Waals surface area contributed by atoms with Crippen LogP contribution < -0.4 is 5.32 Å².